The number of aliphatic carboxylic acids is 1. The molecule has 1 aromatic carbocycles. The average Bonchev–Trinajstić information content (AvgIpc) is 3.18. The molecule has 1 saturated carbocycles. The molecule has 0 atom stereocenters. The minimum absolute atomic E-state index is 0.0343. The number of likely N-dealkylation sites (N-methyl/N-ethyl adjacent to an activating group) is 1. The number of benzene rings is 1. The van der Waals surface area contributed by atoms with E-state index in [1.165, 1.54) is 24.8 Å². The molecule has 0 unspecified atom stereocenters. The zero-order valence-electron chi connectivity index (χ0n) is 20.5. The number of nitrogens with zero attached hydrogens (tertiary/aromatic N) is 3. The third-order valence-corrected chi connectivity index (χ3v) is 6.33. The van der Waals surface area contributed by atoms with Crippen LogP contribution in [0.1, 0.15) is 53.9 Å². The first-order chi connectivity index (χ1) is 17.4. The first-order valence-corrected chi connectivity index (χ1v) is 11.7. The number of hydrogen-bond acceptors (Lipinski definition) is 4. The van der Waals surface area contributed by atoms with Crippen molar-refractivity contribution >= 4 is 28.7 Å². The molecule has 198 valence electrons. The van der Waals surface area contributed by atoms with E-state index in [2.05, 4.69) is 4.98 Å². The van der Waals surface area contributed by atoms with Crippen molar-refractivity contribution in [1.82, 2.24) is 14.5 Å². The molecule has 2 aromatic heterocycles. The van der Waals surface area contributed by atoms with Gasteiger partial charge in [0.15, 0.2) is 0 Å². The predicted octanol–water partition coefficient (Wildman–Crippen LogP) is 5.17. The van der Waals surface area contributed by atoms with Crippen molar-refractivity contribution in [2.45, 2.75) is 50.7 Å². The van der Waals surface area contributed by atoms with Crippen molar-refractivity contribution < 1.29 is 37.8 Å². The Labute approximate surface area is 211 Å². The zero-order valence-corrected chi connectivity index (χ0v) is 20.5. The Morgan fingerprint density at radius 1 is 1.08 bits per heavy atom. The van der Waals surface area contributed by atoms with Crippen molar-refractivity contribution in [3.8, 4) is 11.3 Å². The minimum atomic E-state index is -5.08. The Bertz CT molecular complexity index is 1280. The molecule has 2 N–H and O–H groups in total. The minimum Gasteiger partial charge on any atom is -0.478 e. The summed E-state index contributed by atoms with van der Waals surface area (Å²) >= 11 is 0. The molecule has 0 spiro atoms. The van der Waals surface area contributed by atoms with E-state index in [0.717, 1.165) is 35.0 Å². The van der Waals surface area contributed by atoms with Gasteiger partial charge in [0, 0.05) is 37.4 Å². The molecule has 3 aromatic rings. The number of halogens is 3. The Morgan fingerprint density at radius 3 is 2.24 bits per heavy atom. The SMILES string of the molecule is CN(C)C(=O)Cn1c(-c2cccnc2)c(C2CCCCC2)c2ccc(C(=O)O)cc21.O=C(O)C(F)(F)F. The molecule has 1 aliphatic carbocycles. The van der Waals surface area contributed by atoms with Crippen LogP contribution in [0, 0.1) is 0 Å². The third kappa shape index (κ3) is 6.46. The standard InChI is InChI=1S/C24H27N3O3.C2HF3O2/c1-26(2)21(28)15-27-20-13-17(24(29)30)10-11-19(20)22(16-7-4-3-5-8-16)23(27)18-9-6-12-25-14-18;3-2(4,5)1(6)7/h6,9-14,16H,3-5,7-8,15H2,1-2H3,(H,29,30);(H,6,7). The Kier molecular flexibility index (Phi) is 8.57. The molecule has 8 nitrogen and oxygen atoms in total. The fourth-order valence-electron chi connectivity index (χ4n) is 4.57. The fourth-order valence-corrected chi connectivity index (χ4v) is 4.57. The van der Waals surface area contributed by atoms with E-state index in [9.17, 15) is 27.9 Å². The fraction of sp³-hybridized carbons (Fsp3) is 0.385. The smallest absolute Gasteiger partial charge is 0.478 e. The zero-order chi connectivity index (χ0) is 27.3. The molecule has 11 heteroatoms. The molecule has 1 aliphatic rings. The van der Waals surface area contributed by atoms with Crippen LogP contribution in [0.25, 0.3) is 22.2 Å². The quantitative estimate of drug-likeness (QED) is 0.481. The number of carbonyl (C=O) groups is 3. The Balaban J connectivity index is 0.000000479. The van der Waals surface area contributed by atoms with Crippen molar-refractivity contribution in [2.75, 3.05) is 14.1 Å². The molecule has 0 radical (unpaired) electrons. The Morgan fingerprint density at radius 2 is 1.73 bits per heavy atom. The average molecular weight is 520 g/mol. The summed E-state index contributed by atoms with van der Waals surface area (Å²) in [7, 11) is 3.48. The summed E-state index contributed by atoms with van der Waals surface area (Å²) in [5.41, 5.74) is 4.19. The van der Waals surface area contributed by atoms with Crippen molar-refractivity contribution in [3.63, 3.8) is 0 Å². The lowest BCUT2D eigenvalue weighted by Crippen LogP contribution is -2.26. The number of hydrogen-bond donors (Lipinski definition) is 2. The van der Waals surface area contributed by atoms with Crippen molar-refractivity contribution in [3.05, 3.63) is 53.9 Å². The molecular weight excluding hydrogens is 491 g/mol. The van der Waals surface area contributed by atoms with Crippen LogP contribution in [-0.4, -0.2) is 62.8 Å². The molecule has 1 fully saturated rings. The highest BCUT2D eigenvalue weighted by molar-refractivity contribution is 5.99. The number of alkyl halides is 3. The van der Waals surface area contributed by atoms with Crippen LogP contribution in [0.2, 0.25) is 0 Å². The summed E-state index contributed by atoms with van der Waals surface area (Å²) in [5.74, 6) is -3.37. The van der Waals surface area contributed by atoms with Gasteiger partial charge in [-0.05, 0) is 48.6 Å². The first-order valence-electron chi connectivity index (χ1n) is 11.7. The van der Waals surface area contributed by atoms with Gasteiger partial charge >= 0.3 is 18.1 Å². The van der Waals surface area contributed by atoms with Gasteiger partial charge in [0.05, 0.1) is 16.8 Å². The van der Waals surface area contributed by atoms with Gasteiger partial charge in [0.25, 0.3) is 0 Å². The summed E-state index contributed by atoms with van der Waals surface area (Å²) in [6, 6.07) is 9.20. The maximum Gasteiger partial charge on any atom is 0.490 e. The number of amides is 1. The van der Waals surface area contributed by atoms with Crippen LogP contribution in [0.4, 0.5) is 13.2 Å². The lowest BCUT2D eigenvalue weighted by Gasteiger charge is -2.24. The number of carboxylic acids is 2. The first kappa shape index (κ1) is 27.7. The number of pyridine rings is 1. The van der Waals surface area contributed by atoms with Crippen LogP contribution >= 0.6 is 0 Å². The summed E-state index contributed by atoms with van der Waals surface area (Å²) in [4.78, 5) is 39.2. The molecule has 0 aliphatic heterocycles. The number of aromatic carboxylic acids is 1. The lowest BCUT2D eigenvalue weighted by atomic mass is 9.82. The van der Waals surface area contributed by atoms with E-state index in [1.54, 1.807) is 37.3 Å². The topological polar surface area (TPSA) is 113 Å². The van der Waals surface area contributed by atoms with Crippen LogP contribution in [-0.2, 0) is 16.1 Å². The summed E-state index contributed by atoms with van der Waals surface area (Å²) in [6.45, 7) is 0.156. The van der Waals surface area contributed by atoms with Crippen LogP contribution in [0.5, 0.6) is 0 Å². The van der Waals surface area contributed by atoms with E-state index in [0.29, 0.717) is 5.92 Å². The molecule has 2 heterocycles. The molecule has 4 rings (SSSR count). The van der Waals surface area contributed by atoms with E-state index in [4.69, 9.17) is 9.90 Å². The number of carbonyl (C=O) groups excluding carboxylic acids is 1. The predicted molar refractivity (Wildman–Crippen MR) is 130 cm³/mol. The van der Waals surface area contributed by atoms with Gasteiger partial charge in [-0.15, -0.1) is 0 Å². The second-order valence-electron chi connectivity index (χ2n) is 9.05. The van der Waals surface area contributed by atoms with Gasteiger partial charge in [-0.2, -0.15) is 13.2 Å². The monoisotopic (exact) mass is 519 g/mol. The maximum absolute atomic E-state index is 12.7. The van der Waals surface area contributed by atoms with Gasteiger partial charge < -0.3 is 19.7 Å². The van der Waals surface area contributed by atoms with Crippen LogP contribution in [0.3, 0.4) is 0 Å². The summed E-state index contributed by atoms with van der Waals surface area (Å²) in [6.07, 6.45) is 4.32. The summed E-state index contributed by atoms with van der Waals surface area (Å²) < 4.78 is 33.7. The number of carboxylic acid groups (broad SMARTS) is 2. The second-order valence-corrected chi connectivity index (χ2v) is 9.05. The number of aromatic nitrogens is 2. The highest BCUT2D eigenvalue weighted by atomic mass is 19.4. The largest absolute Gasteiger partial charge is 0.490 e. The second kappa shape index (κ2) is 11.4. The lowest BCUT2D eigenvalue weighted by molar-refractivity contribution is -0.192. The van der Waals surface area contributed by atoms with Gasteiger partial charge in [-0.1, -0.05) is 25.3 Å². The van der Waals surface area contributed by atoms with E-state index in [-0.39, 0.29) is 18.0 Å². The normalized spacial score (nSPS) is 14.1. The highest BCUT2D eigenvalue weighted by Crippen LogP contribution is 2.44. The maximum atomic E-state index is 12.7. The van der Waals surface area contributed by atoms with E-state index >= 15 is 0 Å². The Hall–Kier alpha value is -3.89. The molecule has 0 bridgehead atoms. The van der Waals surface area contributed by atoms with Gasteiger partial charge in [-0.25, -0.2) is 9.59 Å². The van der Waals surface area contributed by atoms with Gasteiger partial charge in [-0.3, -0.25) is 9.78 Å². The molecule has 1 amide bonds. The van der Waals surface area contributed by atoms with Crippen LogP contribution < -0.4 is 0 Å². The molecular formula is C26H28F3N3O5. The van der Waals surface area contributed by atoms with Crippen LogP contribution in [0.15, 0.2) is 42.7 Å². The highest BCUT2D eigenvalue weighted by Gasteiger charge is 2.38. The van der Waals surface area contributed by atoms with Gasteiger partial charge in [0.2, 0.25) is 5.91 Å². The molecule has 0 saturated heterocycles. The van der Waals surface area contributed by atoms with Crippen molar-refractivity contribution in [2.24, 2.45) is 0 Å². The van der Waals surface area contributed by atoms with E-state index < -0.39 is 18.1 Å². The van der Waals surface area contributed by atoms with Gasteiger partial charge in [0.1, 0.15) is 6.54 Å². The summed E-state index contributed by atoms with van der Waals surface area (Å²) in [5, 5.41) is 17.7. The van der Waals surface area contributed by atoms with Crippen molar-refractivity contribution in [1.29, 1.82) is 0 Å². The number of fused-ring (bicyclic) bond motifs is 1. The third-order valence-electron chi connectivity index (χ3n) is 6.33. The van der Waals surface area contributed by atoms with E-state index in [1.807, 2.05) is 29.0 Å². The number of rotatable bonds is 5. The molecule has 37 heavy (non-hydrogen) atoms.